The minimum absolute atomic E-state index is 0.102. The number of aryl methyl sites for hydroxylation is 1. The van der Waals surface area contributed by atoms with Crippen molar-refractivity contribution in [1.29, 1.82) is 0 Å². The number of hydrogen-bond acceptors (Lipinski definition) is 4. The van der Waals surface area contributed by atoms with Crippen LogP contribution >= 0.6 is 11.6 Å². The van der Waals surface area contributed by atoms with Crippen LogP contribution < -0.4 is 10.6 Å². The van der Waals surface area contributed by atoms with Gasteiger partial charge in [-0.25, -0.2) is 9.59 Å². The molecule has 1 saturated carbocycles. The molecule has 140 valence electrons. The van der Waals surface area contributed by atoms with Crippen LogP contribution in [0.3, 0.4) is 0 Å². The maximum Gasteiger partial charge on any atom is 0.331 e. The first kappa shape index (κ1) is 20.0. The van der Waals surface area contributed by atoms with Gasteiger partial charge in [0.25, 0.3) is 5.91 Å². The average molecular weight is 379 g/mol. The van der Waals surface area contributed by atoms with E-state index < -0.39 is 24.0 Å². The number of rotatable bonds is 5. The number of ether oxygens (including phenoxy) is 1. The molecule has 0 heterocycles. The van der Waals surface area contributed by atoms with E-state index in [0.717, 1.165) is 36.8 Å². The Hall–Kier alpha value is -2.34. The lowest BCUT2D eigenvalue weighted by Gasteiger charge is -2.15. The molecule has 0 unspecified atom stereocenters. The number of nitrogens with one attached hydrogen (secondary N) is 2. The van der Waals surface area contributed by atoms with E-state index in [9.17, 15) is 14.4 Å². The van der Waals surface area contributed by atoms with E-state index >= 15 is 0 Å². The summed E-state index contributed by atoms with van der Waals surface area (Å²) >= 11 is 6.02. The Morgan fingerprint density at radius 1 is 1.27 bits per heavy atom. The van der Waals surface area contributed by atoms with Gasteiger partial charge >= 0.3 is 12.0 Å². The quantitative estimate of drug-likeness (QED) is 0.607. The molecule has 2 N–H and O–H groups in total. The minimum Gasteiger partial charge on any atom is -0.449 e. The van der Waals surface area contributed by atoms with Crippen LogP contribution in [0.15, 0.2) is 24.3 Å². The predicted octanol–water partition coefficient (Wildman–Crippen LogP) is 3.36. The van der Waals surface area contributed by atoms with Gasteiger partial charge in [-0.2, -0.15) is 0 Å². The second kappa shape index (κ2) is 9.38. The van der Waals surface area contributed by atoms with Gasteiger partial charge in [0, 0.05) is 17.1 Å². The lowest BCUT2D eigenvalue weighted by molar-refractivity contribution is -0.149. The summed E-state index contributed by atoms with van der Waals surface area (Å²) in [5.74, 6) is -1.35. The van der Waals surface area contributed by atoms with Crippen LogP contribution in [0.5, 0.6) is 0 Å². The summed E-state index contributed by atoms with van der Waals surface area (Å²) in [4.78, 5) is 35.5. The second-order valence-electron chi connectivity index (χ2n) is 6.37. The van der Waals surface area contributed by atoms with Crippen molar-refractivity contribution in [3.05, 3.63) is 40.4 Å². The highest BCUT2D eigenvalue weighted by Crippen LogP contribution is 2.18. The van der Waals surface area contributed by atoms with Gasteiger partial charge in [0.1, 0.15) is 0 Å². The molecule has 1 aromatic carbocycles. The monoisotopic (exact) mass is 378 g/mol. The van der Waals surface area contributed by atoms with Crippen molar-refractivity contribution in [2.45, 2.75) is 51.7 Å². The number of amides is 3. The summed E-state index contributed by atoms with van der Waals surface area (Å²) in [5, 5.41) is 5.53. The van der Waals surface area contributed by atoms with Crippen LogP contribution in [0.4, 0.5) is 4.79 Å². The first-order valence-electron chi connectivity index (χ1n) is 8.61. The molecule has 2 rings (SSSR count). The molecule has 1 aromatic rings. The van der Waals surface area contributed by atoms with Crippen molar-refractivity contribution >= 4 is 35.6 Å². The van der Waals surface area contributed by atoms with Gasteiger partial charge in [0.2, 0.25) is 0 Å². The molecule has 3 amide bonds. The summed E-state index contributed by atoms with van der Waals surface area (Å²) in [5.41, 5.74) is 1.68. The van der Waals surface area contributed by atoms with Crippen LogP contribution in [0.25, 0.3) is 6.08 Å². The summed E-state index contributed by atoms with van der Waals surface area (Å²) in [7, 11) is 0. The number of imide groups is 1. The Balaban J connectivity index is 1.79. The lowest BCUT2D eigenvalue weighted by atomic mass is 10.1. The lowest BCUT2D eigenvalue weighted by Crippen LogP contribution is -2.47. The van der Waals surface area contributed by atoms with Crippen molar-refractivity contribution in [2.75, 3.05) is 0 Å². The second-order valence-corrected chi connectivity index (χ2v) is 6.77. The molecular formula is C19H23ClN2O4. The van der Waals surface area contributed by atoms with Crippen LogP contribution in [0.1, 0.15) is 43.7 Å². The molecule has 0 bridgehead atoms. The minimum atomic E-state index is -1.08. The highest BCUT2D eigenvalue weighted by Gasteiger charge is 2.22. The zero-order chi connectivity index (χ0) is 19.1. The molecule has 6 nitrogen and oxygen atoms in total. The summed E-state index contributed by atoms with van der Waals surface area (Å²) < 4.78 is 5.01. The van der Waals surface area contributed by atoms with Crippen LogP contribution in [-0.2, 0) is 14.3 Å². The van der Waals surface area contributed by atoms with Crippen molar-refractivity contribution in [3.63, 3.8) is 0 Å². The van der Waals surface area contributed by atoms with Crippen molar-refractivity contribution < 1.29 is 19.1 Å². The third-order valence-electron chi connectivity index (χ3n) is 4.20. The summed E-state index contributed by atoms with van der Waals surface area (Å²) in [6.45, 7) is 3.29. The number of esters is 1. The van der Waals surface area contributed by atoms with E-state index in [4.69, 9.17) is 16.3 Å². The molecule has 26 heavy (non-hydrogen) atoms. The van der Waals surface area contributed by atoms with E-state index in [2.05, 4.69) is 10.6 Å². The fourth-order valence-corrected chi connectivity index (χ4v) is 2.84. The Labute approximate surface area is 157 Å². The van der Waals surface area contributed by atoms with Gasteiger partial charge in [0.05, 0.1) is 0 Å². The Bertz CT molecular complexity index is 711. The molecule has 0 radical (unpaired) electrons. The first-order valence-corrected chi connectivity index (χ1v) is 8.99. The first-order chi connectivity index (χ1) is 12.3. The molecule has 1 atom stereocenters. The smallest absolute Gasteiger partial charge is 0.331 e. The van der Waals surface area contributed by atoms with E-state index in [1.807, 2.05) is 19.1 Å². The highest BCUT2D eigenvalue weighted by molar-refractivity contribution is 6.31. The number of benzene rings is 1. The normalized spacial score (nSPS) is 15.7. The molecule has 7 heteroatoms. The highest BCUT2D eigenvalue weighted by atomic mass is 35.5. The van der Waals surface area contributed by atoms with Gasteiger partial charge in [-0.15, -0.1) is 0 Å². The summed E-state index contributed by atoms with van der Waals surface area (Å²) in [6, 6.07) is 4.92. The van der Waals surface area contributed by atoms with Crippen molar-refractivity contribution in [3.8, 4) is 0 Å². The molecule has 1 aliphatic rings. The summed E-state index contributed by atoms with van der Waals surface area (Å²) in [6.07, 6.45) is 5.66. The maximum atomic E-state index is 11.9. The predicted molar refractivity (Wildman–Crippen MR) is 99.7 cm³/mol. The van der Waals surface area contributed by atoms with Gasteiger partial charge in [-0.05, 0) is 50.0 Å². The molecule has 0 saturated heterocycles. The third kappa shape index (κ3) is 6.19. The standard InChI is InChI=1S/C19H23ClN2O4/c1-12-7-8-14(11-16(12)20)9-10-17(23)26-13(2)18(24)22-19(25)21-15-5-3-4-6-15/h7-11,13,15H,3-6H2,1-2H3,(H2,21,22,24,25)/b10-9+/t13-/m1/s1. The zero-order valence-electron chi connectivity index (χ0n) is 14.9. The number of carbonyl (C=O) groups is 3. The van der Waals surface area contributed by atoms with Gasteiger partial charge in [0.15, 0.2) is 6.10 Å². The maximum absolute atomic E-state index is 11.9. The van der Waals surface area contributed by atoms with E-state index in [1.54, 1.807) is 12.1 Å². The third-order valence-corrected chi connectivity index (χ3v) is 4.60. The molecule has 0 spiro atoms. The molecule has 0 aromatic heterocycles. The fraction of sp³-hybridized carbons (Fsp3) is 0.421. The van der Waals surface area contributed by atoms with E-state index in [1.165, 1.54) is 13.0 Å². The molecular weight excluding hydrogens is 356 g/mol. The number of urea groups is 1. The van der Waals surface area contributed by atoms with E-state index in [-0.39, 0.29) is 6.04 Å². The Morgan fingerprint density at radius 2 is 1.96 bits per heavy atom. The molecule has 1 aliphatic carbocycles. The average Bonchev–Trinajstić information content (AvgIpc) is 3.08. The number of halogens is 1. The fourth-order valence-electron chi connectivity index (χ4n) is 2.65. The van der Waals surface area contributed by atoms with Gasteiger partial charge < -0.3 is 10.1 Å². The largest absolute Gasteiger partial charge is 0.449 e. The van der Waals surface area contributed by atoms with Crippen molar-refractivity contribution in [1.82, 2.24) is 10.6 Å². The molecule has 1 fully saturated rings. The van der Waals surface area contributed by atoms with Crippen molar-refractivity contribution in [2.24, 2.45) is 0 Å². The molecule has 0 aliphatic heterocycles. The van der Waals surface area contributed by atoms with Crippen LogP contribution in [0.2, 0.25) is 5.02 Å². The van der Waals surface area contributed by atoms with Gasteiger partial charge in [-0.1, -0.05) is 36.6 Å². The zero-order valence-corrected chi connectivity index (χ0v) is 15.6. The van der Waals surface area contributed by atoms with Crippen LogP contribution in [-0.4, -0.2) is 30.1 Å². The van der Waals surface area contributed by atoms with E-state index in [0.29, 0.717) is 5.02 Å². The van der Waals surface area contributed by atoms with Gasteiger partial charge in [-0.3, -0.25) is 10.1 Å². The Morgan fingerprint density at radius 3 is 2.62 bits per heavy atom. The Kier molecular flexibility index (Phi) is 7.21. The van der Waals surface area contributed by atoms with Crippen LogP contribution in [0, 0.1) is 6.92 Å². The SMILES string of the molecule is Cc1ccc(/C=C/C(=O)O[C@H](C)C(=O)NC(=O)NC2CCCC2)cc1Cl. The topological polar surface area (TPSA) is 84.5 Å². The number of hydrogen-bond donors (Lipinski definition) is 2. The number of carbonyl (C=O) groups excluding carboxylic acids is 3.